The number of amides is 1. The van der Waals surface area contributed by atoms with Crippen LogP contribution in [0.2, 0.25) is 10.0 Å². The van der Waals surface area contributed by atoms with Crippen molar-refractivity contribution in [3.63, 3.8) is 0 Å². The molecule has 20 heavy (non-hydrogen) atoms. The van der Waals surface area contributed by atoms with Gasteiger partial charge in [0.2, 0.25) is 0 Å². The Balaban J connectivity index is 2.30. The molecule has 1 aromatic carbocycles. The van der Waals surface area contributed by atoms with Crippen LogP contribution in [0.1, 0.15) is 10.4 Å². The van der Waals surface area contributed by atoms with Gasteiger partial charge in [-0.25, -0.2) is 0 Å². The third-order valence-electron chi connectivity index (χ3n) is 2.92. The van der Waals surface area contributed by atoms with Gasteiger partial charge in [-0.3, -0.25) is 19.1 Å². The van der Waals surface area contributed by atoms with Crippen LogP contribution in [0.25, 0.3) is 0 Å². The number of halogens is 2. The first kappa shape index (κ1) is 15.2. The van der Waals surface area contributed by atoms with E-state index in [1.54, 1.807) is 0 Å². The maximum atomic E-state index is 12.2. The molecule has 1 aromatic rings. The summed E-state index contributed by atoms with van der Waals surface area (Å²) in [7, 11) is -0.903. The van der Waals surface area contributed by atoms with Gasteiger partial charge in [0, 0.05) is 47.0 Å². The number of carbonyl (C=O) groups is 1. The second-order valence-corrected chi connectivity index (χ2v) is 6.67. The van der Waals surface area contributed by atoms with Crippen LogP contribution in [0, 0.1) is 10.1 Å². The van der Waals surface area contributed by atoms with E-state index in [0.717, 1.165) is 6.07 Å². The molecule has 1 aliphatic rings. The van der Waals surface area contributed by atoms with Crippen molar-refractivity contribution in [1.82, 2.24) is 4.90 Å². The second kappa shape index (κ2) is 6.07. The molecular formula is C11H10Cl2N2O4S. The molecule has 1 heterocycles. The highest BCUT2D eigenvalue weighted by Crippen LogP contribution is 2.33. The third kappa shape index (κ3) is 3.11. The van der Waals surface area contributed by atoms with Crippen molar-refractivity contribution in [2.75, 3.05) is 24.6 Å². The lowest BCUT2D eigenvalue weighted by Crippen LogP contribution is -2.41. The van der Waals surface area contributed by atoms with Gasteiger partial charge in [-0.05, 0) is 6.07 Å². The summed E-state index contributed by atoms with van der Waals surface area (Å²) < 4.78 is 11.3. The van der Waals surface area contributed by atoms with E-state index >= 15 is 0 Å². The Labute approximate surface area is 127 Å². The van der Waals surface area contributed by atoms with E-state index in [4.69, 9.17) is 23.2 Å². The lowest BCUT2D eigenvalue weighted by Gasteiger charge is -2.26. The van der Waals surface area contributed by atoms with Gasteiger partial charge in [0.15, 0.2) is 0 Å². The van der Waals surface area contributed by atoms with Crippen LogP contribution in [-0.4, -0.2) is 44.5 Å². The van der Waals surface area contributed by atoms with Crippen LogP contribution < -0.4 is 0 Å². The summed E-state index contributed by atoms with van der Waals surface area (Å²) in [6, 6.07) is 2.42. The van der Waals surface area contributed by atoms with E-state index in [9.17, 15) is 19.1 Å². The average Bonchev–Trinajstić information content (AvgIpc) is 2.41. The Kier molecular flexibility index (Phi) is 4.62. The molecule has 108 valence electrons. The first-order valence-corrected chi connectivity index (χ1v) is 7.92. The van der Waals surface area contributed by atoms with Crippen LogP contribution in [0.3, 0.4) is 0 Å². The molecule has 2 rings (SSSR count). The summed E-state index contributed by atoms with van der Waals surface area (Å²) in [4.78, 5) is 23.9. The first-order valence-electron chi connectivity index (χ1n) is 5.68. The van der Waals surface area contributed by atoms with Crippen molar-refractivity contribution in [1.29, 1.82) is 0 Å². The molecule has 1 saturated heterocycles. The van der Waals surface area contributed by atoms with E-state index in [1.165, 1.54) is 11.0 Å². The van der Waals surface area contributed by atoms with Crippen LogP contribution in [0.4, 0.5) is 5.69 Å². The van der Waals surface area contributed by atoms with Crippen LogP contribution >= 0.6 is 23.2 Å². The Morgan fingerprint density at radius 1 is 1.30 bits per heavy atom. The van der Waals surface area contributed by atoms with Gasteiger partial charge < -0.3 is 4.90 Å². The fraction of sp³-hybridized carbons (Fsp3) is 0.364. The summed E-state index contributed by atoms with van der Waals surface area (Å²) in [6.45, 7) is 0.721. The van der Waals surface area contributed by atoms with Crippen molar-refractivity contribution in [3.05, 3.63) is 37.9 Å². The predicted octanol–water partition coefficient (Wildman–Crippen LogP) is 2.11. The van der Waals surface area contributed by atoms with Gasteiger partial charge in [-0.1, -0.05) is 23.2 Å². The van der Waals surface area contributed by atoms with Crippen LogP contribution in [0.15, 0.2) is 12.1 Å². The number of nitro groups is 1. The fourth-order valence-corrected chi connectivity index (χ4v) is 3.30. The molecule has 0 spiro atoms. The zero-order valence-corrected chi connectivity index (χ0v) is 12.5. The number of hydrogen-bond acceptors (Lipinski definition) is 4. The quantitative estimate of drug-likeness (QED) is 0.611. The molecule has 0 aromatic heterocycles. The highest BCUT2D eigenvalue weighted by atomic mass is 35.5. The molecule has 0 saturated carbocycles. The van der Waals surface area contributed by atoms with Gasteiger partial charge >= 0.3 is 0 Å². The molecule has 0 atom stereocenters. The molecular weight excluding hydrogens is 327 g/mol. The predicted molar refractivity (Wildman–Crippen MR) is 76.9 cm³/mol. The van der Waals surface area contributed by atoms with Gasteiger partial charge in [0.25, 0.3) is 11.6 Å². The molecule has 0 unspecified atom stereocenters. The normalized spacial score (nSPS) is 16.2. The number of carbonyl (C=O) groups excluding carboxylic acids is 1. The highest BCUT2D eigenvalue weighted by Gasteiger charge is 2.25. The van der Waals surface area contributed by atoms with Crippen LogP contribution in [-0.2, 0) is 10.8 Å². The van der Waals surface area contributed by atoms with E-state index in [2.05, 4.69) is 0 Å². The smallest absolute Gasteiger partial charge is 0.290 e. The number of benzene rings is 1. The maximum absolute atomic E-state index is 12.2. The first-order chi connectivity index (χ1) is 9.40. The number of hydrogen-bond donors (Lipinski definition) is 0. The van der Waals surface area contributed by atoms with Crippen molar-refractivity contribution < 1.29 is 13.9 Å². The zero-order chi connectivity index (χ0) is 14.9. The van der Waals surface area contributed by atoms with E-state index in [-0.39, 0.29) is 21.5 Å². The second-order valence-electron chi connectivity index (χ2n) is 4.19. The van der Waals surface area contributed by atoms with Crippen molar-refractivity contribution in [2.45, 2.75) is 0 Å². The standard InChI is InChI=1S/C11H10Cl2N2O4S/c12-8-5-7(6-9(10(8)13)15(17)18)11(16)14-1-3-20(19)4-2-14/h5-6H,1-4H2. The molecule has 1 aliphatic heterocycles. The average molecular weight is 337 g/mol. The highest BCUT2D eigenvalue weighted by molar-refractivity contribution is 7.85. The molecule has 0 bridgehead atoms. The molecule has 9 heteroatoms. The summed E-state index contributed by atoms with van der Waals surface area (Å²) in [6.07, 6.45) is 0. The zero-order valence-electron chi connectivity index (χ0n) is 10.2. The van der Waals surface area contributed by atoms with Crippen LogP contribution in [0.5, 0.6) is 0 Å². The Hall–Kier alpha value is -1.18. The van der Waals surface area contributed by atoms with Crippen molar-refractivity contribution in [2.24, 2.45) is 0 Å². The molecule has 1 amide bonds. The van der Waals surface area contributed by atoms with Gasteiger partial charge in [0.05, 0.1) is 9.95 Å². The topological polar surface area (TPSA) is 80.5 Å². The molecule has 0 N–H and O–H groups in total. The molecule has 0 aliphatic carbocycles. The van der Waals surface area contributed by atoms with E-state index in [0.29, 0.717) is 24.6 Å². The van der Waals surface area contributed by atoms with Gasteiger partial charge in [-0.15, -0.1) is 0 Å². The summed E-state index contributed by atoms with van der Waals surface area (Å²) >= 11 is 11.5. The van der Waals surface area contributed by atoms with Gasteiger partial charge in [-0.2, -0.15) is 0 Å². The molecule has 0 radical (unpaired) electrons. The Morgan fingerprint density at radius 3 is 2.45 bits per heavy atom. The Bertz CT molecular complexity index is 598. The van der Waals surface area contributed by atoms with Gasteiger partial charge in [0.1, 0.15) is 5.02 Å². The maximum Gasteiger partial charge on any atom is 0.290 e. The van der Waals surface area contributed by atoms with E-state index < -0.39 is 21.4 Å². The monoisotopic (exact) mass is 336 g/mol. The number of rotatable bonds is 2. The lowest BCUT2D eigenvalue weighted by atomic mass is 10.1. The number of nitrogens with zero attached hydrogens (tertiary/aromatic N) is 2. The number of nitro benzene ring substituents is 1. The van der Waals surface area contributed by atoms with Crippen molar-refractivity contribution in [3.8, 4) is 0 Å². The SMILES string of the molecule is O=C(c1cc(Cl)c(Cl)c([N+](=O)[O-])c1)N1CCS(=O)CC1. The third-order valence-corrected chi connectivity index (χ3v) is 4.99. The lowest BCUT2D eigenvalue weighted by molar-refractivity contribution is -0.384. The van der Waals surface area contributed by atoms with E-state index in [1.807, 2.05) is 0 Å². The summed E-state index contributed by atoms with van der Waals surface area (Å²) in [5.74, 6) is 0.452. The minimum Gasteiger partial charge on any atom is -0.337 e. The molecule has 6 nitrogen and oxygen atoms in total. The molecule has 1 fully saturated rings. The minimum absolute atomic E-state index is 0.0372. The Morgan fingerprint density at radius 2 is 1.90 bits per heavy atom. The minimum atomic E-state index is -0.903. The van der Waals surface area contributed by atoms with Crippen molar-refractivity contribution >= 4 is 45.6 Å². The fourth-order valence-electron chi connectivity index (χ4n) is 1.85. The summed E-state index contributed by atoms with van der Waals surface area (Å²) in [5, 5.41) is 10.6. The summed E-state index contributed by atoms with van der Waals surface area (Å²) in [5.41, 5.74) is -0.290. The largest absolute Gasteiger partial charge is 0.337 e.